The highest BCUT2D eigenvalue weighted by Crippen LogP contribution is 2.17. The van der Waals surface area contributed by atoms with E-state index in [4.69, 9.17) is 9.26 Å². The molecular formula is C16H22N6O3. The molecule has 0 unspecified atom stereocenters. The van der Waals surface area contributed by atoms with Gasteiger partial charge in [0.05, 0.1) is 13.2 Å². The van der Waals surface area contributed by atoms with Crippen molar-refractivity contribution in [3.8, 4) is 5.88 Å². The maximum atomic E-state index is 12.1. The molecule has 0 aliphatic carbocycles. The third-order valence-electron chi connectivity index (χ3n) is 3.88. The number of aryl methyl sites for hydroxylation is 1. The minimum Gasteiger partial charge on any atom is -0.478 e. The zero-order chi connectivity index (χ0) is 17.6. The second-order valence-corrected chi connectivity index (χ2v) is 5.78. The summed E-state index contributed by atoms with van der Waals surface area (Å²) in [4.78, 5) is 24.7. The molecule has 1 amide bonds. The molecular weight excluding hydrogens is 324 g/mol. The van der Waals surface area contributed by atoms with Crippen LogP contribution in [0.2, 0.25) is 0 Å². The summed E-state index contributed by atoms with van der Waals surface area (Å²) >= 11 is 0. The highest BCUT2D eigenvalue weighted by molar-refractivity contribution is 5.91. The molecule has 25 heavy (non-hydrogen) atoms. The van der Waals surface area contributed by atoms with Crippen molar-refractivity contribution >= 4 is 17.5 Å². The summed E-state index contributed by atoms with van der Waals surface area (Å²) in [5.41, 5.74) is 0. The van der Waals surface area contributed by atoms with Gasteiger partial charge in [-0.2, -0.15) is 0 Å². The zero-order valence-electron chi connectivity index (χ0n) is 14.4. The number of hydrogen-bond acceptors (Lipinski definition) is 8. The van der Waals surface area contributed by atoms with Gasteiger partial charge in [-0.15, -0.1) is 0 Å². The van der Waals surface area contributed by atoms with Crippen LogP contribution in [0.3, 0.4) is 0 Å². The van der Waals surface area contributed by atoms with Gasteiger partial charge in [-0.3, -0.25) is 9.69 Å². The third kappa shape index (κ3) is 4.66. The Balaban J connectivity index is 1.48. The van der Waals surface area contributed by atoms with Crippen LogP contribution < -0.4 is 15.0 Å². The number of amides is 1. The molecule has 1 fully saturated rings. The largest absolute Gasteiger partial charge is 0.478 e. The lowest BCUT2D eigenvalue weighted by molar-refractivity contribution is -0.117. The van der Waals surface area contributed by atoms with Gasteiger partial charge >= 0.3 is 0 Å². The van der Waals surface area contributed by atoms with Gasteiger partial charge in [-0.25, -0.2) is 9.97 Å². The van der Waals surface area contributed by atoms with Gasteiger partial charge in [-0.1, -0.05) is 5.16 Å². The van der Waals surface area contributed by atoms with Gasteiger partial charge in [0, 0.05) is 38.3 Å². The Morgan fingerprint density at radius 3 is 2.76 bits per heavy atom. The van der Waals surface area contributed by atoms with Crippen LogP contribution in [-0.2, 0) is 4.79 Å². The summed E-state index contributed by atoms with van der Waals surface area (Å²) in [6, 6.07) is 3.54. The minimum atomic E-state index is -0.0950. The number of ether oxygens (including phenoxy) is 1. The van der Waals surface area contributed by atoms with Gasteiger partial charge in [0.2, 0.25) is 11.8 Å². The van der Waals surface area contributed by atoms with Gasteiger partial charge in [-0.05, 0) is 13.8 Å². The van der Waals surface area contributed by atoms with Crippen LogP contribution in [-0.4, -0.2) is 65.3 Å². The van der Waals surface area contributed by atoms with Crippen LogP contribution in [0.25, 0.3) is 0 Å². The topological polar surface area (TPSA) is 96.6 Å². The first-order valence-corrected chi connectivity index (χ1v) is 8.29. The van der Waals surface area contributed by atoms with Crippen LogP contribution in [0, 0.1) is 6.92 Å². The second-order valence-electron chi connectivity index (χ2n) is 5.78. The molecule has 0 spiro atoms. The average molecular weight is 346 g/mol. The first-order chi connectivity index (χ1) is 12.1. The van der Waals surface area contributed by atoms with Crippen LogP contribution >= 0.6 is 0 Å². The van der Waals surface area contributed by atoms with E-state index in [1.807, 2.05) is 13.0 Å². The van der Waals surface area contributed by atoms with E-state index >= 15 is 0 Å². The van der Waals surface area contributed by atoms with E-state index in [1.165, 1.54) is 6.33 Å². The Hall–Kier alpha value is -2.68. The molecule has 0 saturated carbocycles. The number of carbonyl (C=O) groups excluding carboxylic acids is 1. The Morgan fingerprint density at radius 1 is 1.28 bits per heavy atom. The maximum Gasteiger partial charge on any atom is 0.239 e. The molecule has 2 aromatic rings. The van der Waals surface area contributed by atoms with E-state index < -0.39 is 0 Å². The molecule has 2 aromatic heterocycles. The number of nitrogens with one attached hydrogen (secondary N) is 1. The molecule has 0 radical (unpaired) electrons. The van der Waals surface area contributed by atoms with Crippen molar-refractivity contribution in [3.05, 3.63) is 24.2 Å². The number of rotatable bonds is 6. The summed E-state index contributed by atoms with van der Waals surface area (Å²) in [6.45, 7) is 7.74. The first kappa shape index (κ1) is 17.2. The normalized spacial score (nSPS) is 15.2. The maximum absolute atomic E-state index is 12.1. The molecule has 1 aliphatic rings. The Morgan fingerprint density at radius 2 is 2.08 bits per heavy atom. The van der Waals surface area contributed by atoms with Crippen LogP contribution in [0.1, 0.15) is 12.7 Å². The minimum absolute atomic E-state index is 0.0950. The van der Waals surface area contributed by atoms with E-state index in [1.54, 1.807) is 13.0 Å². The molecule has 134 valence electrons. The van der Waals surface area contributed by atoms with Crippen molar-refractivity contribution < 1.29 is 14.1 Å². The fourth-order valence-electron chi connectivity index (χ4n) is 2.68. The molecule has 9 nitrogen and oxygen atoms in total. The van der Waals surface area contributed by atoms with Gasteiger partial charge < -0.3 is 19.5 Å². The second kappa shape index (κ2) is 7.93. The molecule has 3 heterocycles. The summed E-state index contributed by atoms with van der Waals surface area (Å²) in [5, 5.41) is 6.50. The molecule has 0 bridgehead atoms. The molecule has 1 aliphatic heterocycles. The quantitative estimate of drug-likeness (QED) is 0.825. The standard InChI is InChI=1S/C16H22N6O3/c1-3-24-16-9-14(17-11-18-16)22-6-4-21(5-7-22)10-15(23)19-13-8-12(2)25-20-13/h8-9,11H,3-7,10H2,1-2H3,(H,19,20,23). The van der Waals surface area contributed by atoms with Crippen molar-refractivity contribution in [2.24, 2.45) is 0 Å². The van der Waals surface area contributed by atoms with Crippen molar-refractivity contribution in [2.45, 2.75) is 13.8 Å². The van der Waals surface area contributed by atoms with Gasteiger partial charge in [0.15, 0.2) is 5.82 Å². The number of anilines is 2. The lowest BCUT2D eigenvalue weighted by Gasteiger charge is -2.34. The van der Waals surface area contributed by atoms with Crippen LogP contribution in [0.15, 0.2) is 23.0 Å². The Bertz CT molecular complexity index is 711. The van der Waals surface area contributed by atoms with Gasteiger partial charge in [0.1, 0.15) is 17.9 Å². The smallest absolute Gasteiger partial charge is 0.239 e. The summed E-state index contributed by atoms with van der Waals surface area (Å²) in [7, 11) is 0. The van der Waals surface area contributed by atoms with Crippen molar-refractivity contribution in [2.75, 3.05) is 49.5 Å². The highest BCUT2D eigenvalue weighted by atomic mass is 16.5. The monoisotopic (exact) mass is 346 g/mol. The predicted octanol–water partition coefficient (Wildman–Crippen LogP) is 0.932. The van der Waals surface area contributed by atoms with Crippen LogP contribution in [0.5, 0.6) is 5.88 Å². The van der Waals surface area contributed by atoms with E-state index in [0.717, 1.165) is 32.0 Å². The molecule has 0 atom stereocenters. The number of hydrogen-bond donors (Lipinski definition) is 1. The summed E-state index contributed by atoms with van der Waals surface area (Å²) in [6.07, 6.45) is 1.51. The highest BCUT2D eigenvalue weighted by Gasteiger charge is 2.20. The first-order valence-electron chi connectivity index (χ1n) is 8.29. The third-order valence-corrected chi connectivity index (χ3v) is 3.88. The number of piperazine rings is 1. The van der Waals surface area contributed by atoms with E-state index in [0.29, 0.717) is 30.6 Å². The average Bonchev–Trinajstić information content (AvgIpc) is 3.01. The number of nitrogens with zero attached hydrogens (tertiary/aromatic N) is 5. The summed E-state index contributed by atoms with van der Waals surface area (Å²) in [5.74, 6) is 2.45. The van der Waals surface area contributed by atoms with E-state index in [-0.39, 0.29) is 5.91 Å². The molecule has 1 saturated heterocycles. The Kier molecular flexibility index (Phi) is 5.44. The molecule has 1 N–H and O–H groups in total. The molecule has 0 aromatic carbocycles. The fraction of sp³-hybridized carbons (Fsp3) is 0.500. The van der Waals surface area contributed by atoms with Crippen molar-refractivity contribution in [1.82, 2.24) is 20.0 Å². The number of carbonyl (C=O) groups is 1. The van der Waals surface area contributed by atoms with Crippen molar-refractivity contribution in [3.63, 3.8) is 0 Å². The fourth-order valence-corrected chi connectivity index (χ4v) is 2.68. The zero-order valence-corrected chi connectivity index (χ0v) is 14.4. The molecule has 9 heteroatoms. The van der Waals surface area contributed by atoms with Crippen molar-refractivity contribution in [1.29, 1.82) is 0 Å². The lowest BCUT2D eigenvalue weighted by atomic mass is 10.3. The molecule has 3 rings (SSSR count). The van der Waals surface area contributed by atoms with E-state index in [9.17, 15) is 4.79 Å². The lowest BCUT2D eigenvalue weighted by Crippen LogP contribution is -2.49. The van der Waals surface area contributed by atoms with E-state index in [2.05, 4.69) is 30.2 Å². The number of aromatic nitrogens is 3. The van der Waals surface area contributed by atoms with Gasteiger partial charge in [0.25, 0.3) is 0 Å². The van der Waals surface area contributed by atoms with Crippen LogP contribution in [0.4, 0.5) is 11.6 Å². The predicted molar refractivity (Wildman–Crippen MR) is 91.7 cm³/mol. The summed E-state index contributed by atoms with van der Waals surface area (Å²) < 4.78 is 10.4. The Labute approximate surface area is 146 Å². The SMILES string of the molecule is CCOc1cc(N2CCN(CC(=O)Nc3cc(C)on3)CC2)ncn1.